The van der Waals surface area contributed by atoms with E-state index in [0.717, 1.165) is 6.42 Å². The maximum Gasteiger partial charge on any atom is 0.263 e. The Kier molecular flexibility index (Phi) is 3.68. The molecule has 1 unspecified atom stereocenters. The van der Waals surface area contributed by atoms with Crippen LogP contribution in [0, 0.1) is 0 Å². The highest BCUT2D eigenvalue weighted by Gasteiger charge is 2.30. The zero-order valence-corrected chi connectivity index (χ0v) is 10.9. The van der Waals surface area contributed by atoms with Crippen LogP contribution in [0.25, 0.3) is 0 Å². The van der Waals surface area contributed by atoms with Crippen LogP contribution in [0.2, 0.25) is 0 Å². The van der Waals surface area contributed by atoms with E-state index >= 15 is 0 Å². The van der Waals surface area contributed by atoms with Crippen LogP contribution >= 0.6 is 0 Å². The van der Waals surface area contributed by atoms with Crippen LogP contribution in [-0.4, -0.2) is 32.0 Å². The Balaban J connectivity index is 2.25. The van der Waals surface area contributed by atoms with E-state index in [-0.39, 0.29) is 11.4 Å². The fraction of sp³-hybridized carbons (Fsp3) is 0.417. The number of nitrogens with one attached hydrogen (secondary N) is 1. The van der Waals surface area contributed by atoms with Gasteiger partial charge in [0.25, 0.3) is 10.0 Å². The largest absolute Gasteiger partial charge is 0.391 e. The van der Waals surface area contributed by atoms with Crippen molar-refractivity contribution in [3.63, 3.8) is 0 Å². The quantitative estimate of drug-likeness (QED) is 0.851. The Bertz CT molecular complexity index is 566. The second-order valence-electron chi connectivity index (χ2n) is 4.23. The lowest BCUT2D eigenvalue weighted by Crippen LogP contribution is -2.23. The number of sulfonamides is 1. The molecule has 0 fully saturated rings. The van der Waals surface area contributed by atoms with Crippen molar-refractivity contribution in [1.29, 1.82) is 0 Å². The van der Waals surface area contributed by atoms with E-state index in [9.17, 15) is 13.5 Å². The Hall–Kier alpha value is -1.40. The van der Waals surface area contributed by atoms with Gasteiger partial charge in [0, 0.05) is 5.56 Å². The molecular weight excluding hydrogens is 252 g/mol. The molecular formula is C12H16N2O3S. The van der Waals surface area contributed by atoms with Gasteiger partial charge in [0.05, 0.1) is 17.5 Å². The first-order chi connectivity index (χ1) is 8.54. The van der Waals surface area contributed by atoms with Gasteiger partial charge in [-0.05, 0) is 18.6 Å². The Morgan fingerprint density at radius 2 is 2.11 bits per heavy atom. The maximum atomic E-state index is 11.8. The molecule has 2 rings (SSSR count). The number of benzene rings is 1. The van der Waals surface area contributed by atoms with E-state index in [4.69, 9.17) is 0 Å². The lowest BCUT2D eigenvalue weighted by molar-refractivity contribution is 0.172. The van der Waals surface area contributed by atoms with Gasteiger partial charge >= 0.3 is 0 Å². The Morgan fingerprint density at radius 1 is 1.39 bits per heavy atom. The van der Waals surface area contributed by atoms with Crippen LogP contribution in [0.5, 0.6) is 0 Å². The van der Waals surface area contributed by atoms with Crippen LogP contribution in [0.15, 0.2) is 34.2 Å². The molecule has 5 nitrogen and oxygen atoms in total. The maximum absolute atomic E-state index is 11.8. The Labute approximate surface area is 107 Å². The minimum Gasteiger partial charge on any atom is -0.391 e. The van der Waals surface area contributed by atoms with Crippen LogP contribution < -0.4 is 4.72 Å². The second kappa shape index (κ2) is 5.07. The highest BCUT2D eigenvalue weighted by atomic mass is 32.2. The fourth-order valence-electron chi connectivity index (χ4n) is 1.87. The molecule has 1 heterocycles. The van der Waals surface area contributed by atoms with Crippen LogP contribution in [0.1, 0.15) is 25.3 Å². The summed E-state index contributed by atoms with van der Waals surface area (Å²) in [6.07, 6.45) is 0.999. The smallest absolute Gasteiger partial charge is 0.263 e. The molecule has 1 aliphatic rings. The second-order valence-corrected chi connectivity index (χ2v) is 5.88. The van der Waals surface area contributed by atoms with Crippen molar-refractivity contribution in [2.24, 2.45) is 4.99 Å². The first kappa shape index (κ1) is 13.0. The Morgan fingerprint density at radius 3 is 2.83 bits per heavy atom. The molecule has 0 amide bonds. The van der Waals surface area contributed by atoms with Crippen LogP contribution in [-0.2, 0) is 10.0 Å². The molecule has 0 spiro atoms. The number of aliphatic imine (C=N–C) groups is 1. The molecule has 0 saturated heterocycles. The zero-order chi connectivity index (χ0) is 13.2. The van der Waals surface area contributed by atoms with E-state index in [1.807, 2.05) is 6.92 Å². The van der Waals surface area contributed by atoms with Crippen molar-refractivity contribution in [2.75, 3.05) is 6.54 Å². The van der Waals surface area contributed by atoms with E-state index in [0.29, 0.717) is 17.8 Å². The molecule has 0 aliphatic carbocycles. The molecule has 0 aromatic heterocycles. The van der Waals surface area contributed by atoms with Gasteiger partial charge in [0.1, 0.15) is 5.84 Å². The zero-order valence-electron chi connectivity index (χ0n) is 10.1. The van der Waals surface area contributed by atoms with E-state index in [1.165, 1.54) is 0 Å². The first-order valence-corrected chi connectivity index (χ1v) is 7.37. The topological polar surface area (TPSA) is 78.8 Å². The molecule has 0 bridgehead atoms. The number of hydrogen-bond donors (Lipinski definition) is 2. The third-order valence-corrected chi connectivity index (χ3v) is 4.14. The molecule has 0 radical (unpaired) electrons. The number of amidine groups is 1. The highest BCUT2D eigenvalue weighted by molar-refractivity contribution is 7.90. The number of nitrogens with zero attached hydrogens (tertiary/aromatic N) is 1. The predicted molar refractivity (Wildman–Crippen MR) is 69.1 cm³/mol. The summed E-state index contributed by atoms with van der Waals surface area (Å²) in [5.74, 6) is 0.320. The molecule has 6 heteroatoms. The third kappa shape index (κ3) is 2.54. The highest BCUT2D eigenvalue weighted by Crippen LogP contribution is 2.22. The van der Waals surface area contributed by atoms with E-state index < -0.39 is 16.1 Å². The standard InChI is InChI=1S/C12H16N2O3S/c1-2-5-9(15)8-13-12-10-6-3-4-7-11(10)18(16,17)14-12/h3-4,6-7,9,15H,2,5,8H2,1H3,(H,13,14). The van der Waals surface area contributed by atoms with Gasteiger partial charge in [0.2, 0.25) is 0 Å². The van der Waals surface area contributed by atoms with Crippen molar-refractivity contribution >= 4 is 15.9 Å². The van der Waals surface area contributed by atoms with E-state index in [1.54, 1.807) is 24.3 Å². The summed E-state index contributed by atoms with van der Waals surface area (Å²) in [5, 5.41) is 9.60. The van der Waals surface area contributed by atoms with Gasteiger partial charge < -0.3 is 5.11 Å². The third-order valence-electron chi connectivity index (χ3n) is 2.74. The monoisotopic (exact) mass is 268 g/mol. The number of fused-ring (bicyclic) bond motifs is 1. The first-order valence-electron chi connectivity index (χ1n) is 5.89. The lowest BCUT2D eigenvalue weighted by atomic mass is 10.2. The SMILES string of the molecule is CCCC(O)CN=C1NS(=O)(=O)c2ccccc21. The summed E-state index contributed by atoms with van der Waals surface area (Å²) >= 11 is 0. The van der Waals surface area contributed by atoms with E-state index in [2.05, 4.69) is 9.71 Å². The van der Waals surface area contributed by atoms with Crippen LogP contribution in [0.4, 0.5) is 0 Å². The predicted octanol–water partition coefficient (Wildman–Crippen LogP) is 0.886. The molecule has 2 N–H and O–H groups in total. The lowest BCUT2D eigenvalue weighted by Gasteiger charge is -2.06. The van der Waals surface area contributed by atoms with Crippen molar-refractivity contribution in [3.05, 3.63) is 29.8 Å². The number of rotatable bonds is 4. The fourth-order valence-corrected chi connectivity index (χ4v) is 3.12. The van der Waals surface area contributed by atoms with Crippen molar-refractivity contribution in [2.45, 2.75) is 30.8 Å². The molecule has 1 aromatic carbocycles. The van der Waals surface area contributed by atoms with Crippen molar-refractivity contribution < 1.29 is 13.5 Å². The van der Waals surface area contributed by atoms with Gasteiger partial charge in [-0.15, -0.1) is 0 Å². The normalized spacial score (nSPS) is 20.4. The van der Waals surface area contributed by atoms with Crippen molar-refractivity contribution in [1.82, 2.24) is 4.72 Å². The summed E-state index contributed by atoms with van der Waals surface area (Å²) < 4.78 is 26.0. The average molecular weight is 268 g/mol. The van der Waals surface area contributed by atoms with Crippen molar-refractivity contribution in [3.8, 4) is 0 Å². The summed E-state index contributed by atoms with van der Waals surface area (Å²) in [6, 6.07) is 6.69. The average Bonchev–Trinajstić information content (AvgIpc) is 2.60. The number of hydrogen-bond acceptors (Lipinski definition) is 4. The van der Waals surface area contributed by atoms with Gasteiger partial charge in [0.15, 0.2) is 0 Å². The summed E-state index contributed by atoms with van der Waals surface area (Å²) in [6.45, 7) is 2.18. The summed E-state index contributed by atoms with van der Waals surface area (Å²) in [5.41, 5.74) is 0.571. The molecule has 1 aliphatic heterocycles. The van der Waals surface area contributed by atoms with Gasteiger partial charge in [-0.25, -0.2) is 8.42 Å². The van der Waals surface area contributed by atoms with Crippen LogP contribution in [0.3, 0.4) is 0 Å². The number of aliphatic hydroxyl groups excluding tert-OH is 1. The van der Waals surface area contributed by atoms with Gasteiger partial charge in [-0.3, -0.25) is 9.71 Å². The van der Waals surface area contributed by atoms with Gasteiger partial charge in [-0.2, -0.15) is 0 Å². The minimum absolute atomic E-state index is 0.208. The molecule has 18 heavy (non-hydrogen) atoms. The summed E-state index contributed by atoms with van der Waals surface area (Å²) in [4.78, 5) is 4.40. The molecule has 98 valence electrons. The molecule has 0 saturated carbocycles. The minimum atomic E-state index is -3.48. The number of aliphatic hydroxyl groups is 1. The summed E-state index contributed by atoms with van der Waals surface area (Å²) in [7, 11) is -3.48. The molecule has 1 atom stereocenters. The van der Waals surface area contributed by atoms with Gasteiger partial charge in [-0.1, -0.05) is 25.5 Å². The molecule has 1 aromatic rings.